The zero-order chi connectivity index (χ0) is 18.4. The summed E-state index contributed by atoms with van der Waals surface area (Å²) in [6, 6.07) is 13.7. The van der Waals surface area contributed by atoms with Crippen LogP contribution >= 0.6 is 11.3 Å². The molecule has 0 aliphatic heterocycles. The zero-order valence-electron chi connectivity index (χ0n) is 14.0. The van der Waals surface area contributed by atoms with E-state index in [1.54, 1.807) is 30.5 Å². The molecule has 0 bridgehead atoms. The van der Waals surface area contributed by atoms with Crippen molar-refractivity contribution in [2.45, 2.75) is 6.54 Å². The quantitative estimate of drug-likeness (QED) is 0.672. The van der Waals surface area contributed by atoms with E-state index in [2.05, 4.69) is 15.0 Å². The molecule has 0 spiro atoms. The number of thiazole rings is 1. The topological polar surface area (TPSA) is 77.5 Å². The molecule has 0 fully saturated rings. The second kappa shape index (κ2) is 8.26. The van der Waals surface area contributed by atoms with Crippen LogP contribution < -0.4 is 10.1 Å². The standard InChI is InChI=1S/C19H16N2O4S/c1-24-18(23)15-6-4-14(5-7-15)17(22)21-12-13-2-8-16(9-3-13)25-19-20-10-11-26-19/h2-11H,12H2,1H3,(H,21,22). The highest BCUT2D eigenvalue weighted by molar-refractivity contribution is 7.11. The zero-order valence-corrected chi connectivity index (χ0v) is 14.8. The average molecular weight is 368 g/mol. The van der Waals surface area contributed by atoms with Crippen molar-refractivity contribution in [1.29, 1.82) is 0 Å². The number of carbonyl (C=O) groups excluding carboxylic acids is 2. The Kier molecular flexibility index (Phi) is 5.60. The molecule has 0 radical (unpaired) electrons. The molecule has 7 heteroatoms. The molecule has 1 N–H and O–H groups in total. The molecule has 26 heavy (non-hydrogen) atoms. The molecule has 2 aromatic carbocycles. The van der Waals surface area contributed by atoms with E-state index < -0.39 is 5.97 Å². The Morgan fingerprint density at radius 3 is 2.35 bits per heavy atom. The summed E-state index contributed by atoms with van der Waals surface area (Å²) in [5, 5.41) is 5.27. The molecule has 0 saturated heterocycles. The minimum atomic E-state index is -0.433. The fraction of sp³-hybridized carbons (Fsp3) is 0.105. The summed E-state index contributed by atoms with van der Waals surface area (Å²) in [4.78, 5) is 27.6. The van der Waals surface area contributed by atoms with Crippen LogP contribution in [-0.2, 0) is 11.3 Å². The maximum absolute atomic E-state index is 12.2. The molecule has 1 heterocycles. The third kappa shape index (κ3) is 4.46. The number of nitrogens with one attached hydrogen (secondary N) is 1. The number of amides is 1. The third-order valence-corrected chi connectivity index (χ3v) is 4.21. The van der Waals surface area contributed by atoms with Gasteiger partial charge in [0.25, 0.3) is 11.1 Å². The van der Waals surface area contributed by atoms with Crippen LogP contribution in [0.3, 0.4) is 0 Å². The Morgan fingerprint density at radius 2 is 1.73 bits per heavy atom. The first-order valence-corrected chi connectivity index (χ1v) is 8.66. The normalized spacial score (nSPS) is 10.2. The Morgan fingerprint density at radius 1 is 1.04 bits per heavy atom. The van der Waals surface area contributed by atoms with Gasteiger partial charge in [0.2, 0.25) is 0 Å². The van der Waals surface area contributed by atoms with Gasteiger partial charge in [0.05, 0.1) is 12.7 Å². The number of nitrogens with zero attached hydrogens (tertiary/aromatic N) is 1. The van der Waals surface area contributed by atoms with Crippen molar-refractivity contribution in [3.8, 4) is 10.9 Å². The van der Waals surface area contributed by atoms with Crippen molar-refractivity contribution in [2.75, 3.05) is 7.11 Å². The van der Waals surface area contributed by atoms with E-state index in [1.165, 1.54) is 18.4 Å². The van der Waals surface area contributed by atoms with Gasteiger partial charge in [-0.2, -0.15) is 0 Å². The van der Waals surface area contributed by atoms with E-state index in [9.17, 15) is 9.59 Å². The Balaban J connectivity index is 1.54. The lowest BCUT2D eigenvalue weighted by molar-refractivity contribution is 0.0600. The summed E-state index contributed by atoms with van der Waals surface area (Å²) in [7, 11) is 1.32. The SMILES string of the molecule is COC(=O)c1ccc(C(=O)NCc2ccc(Oc3nccs3)cc2)cc1. The maximum Gasteiger partial charge on any atom is 0.337 e. The summed E-state index contributed by atoms with van der Waals surface area (Å²) >= 11 is 1.42. The number of carbonyl (C=O) groups is 2. The predicted molar refractivity (Wildman–Crippen MR) is 97.6 cm³/mol. The van der Waals surface area contributed by atoms with Gasteiger partial charge < -0.3 is 14.8 Å². The lowest BCUT2D eigenvalue weighted by Gasteiger charge is -2.07. The lowest BCUT2D eigenvalue weighted by Crippen LogP contribution is -2.22. The van der Waals surface area contributed by atoms with Crippen LogP contribution in [0.1, 0.15) is 26.3 Å². The van der Waals surface area contributed by atoms with Gasteiger partial charge in [0, 0.05) is 23.7 Å². The summed E-state index contributed by atoms with van der Waals surface area (Å²) in [6.07, 6.45) is 1.68. The van der Waals surface area contributed by atoms with Gasteiger partial charge in [0.15, 0.2) is 0 Å². The minimum absolute atomic E-state index is 0.218. The van der Waals surface area contributed by atoms with Crippen molar-refractivity contribution < 1.29 is 19.1 Å². The first kappa shape index (κ1) is 17.6. The summed E-state index contributed by atoms with van der Waals surface area (Å²) in [5.41, 5.74) is 1.82. The van der Waals surface area contributed by atoms with E-state index in [4.69, 9.17) is 4.74 Å². The number of aromatic nitrogens is 1. The number of esters is 1. The van der Waals surface area contributed by atoms with E-state index >= 15 is 0 Å². The molecule has 0 aliphatic carbocycles. The Labute approximate surface area is 154 Å². The van der Waals surface area contributed by atoms with Crippen molar-refractivity contribution in [2.24, 2.45) is 0 Å². The highest BCUT2D eigenvalue weighted by Gasteiger charge is 2.09. The number of ether oxygens (including phenoxy) is 2. The maximum atomic E-state index is 12.2. The lowest BCUT2D eigenvalue weighted by atomic mass is 10.1. The van der Waals surface area contributed by atoms with Crippen LogP contribution in [0, 0.1) is 0 Å². The Bertz CT molecular complexity index is 875. The first-order chi connectivity index (χ1) is 12.7. The van der Waals surface area contributed by atoms with E-state index in [0.29, 0.717) is 28.6 Å². The molecular weight excluding hydrogens is 352 g/mol. The second-order valence-electron chi connectivity index (χ2n) is 5.30. The van der Waals surface area contributed by atoms with E-state index in [-0.39, 0.29) is 5.91 Å². The van der Waals surface area contributed by atoms with Gasteiger partial charge in [-0.3, -0.25) is 4.79 Å². The molecule has 0 atom stereocenters. The largest absolute Gasteiger partial charge is 0.465 e. The highest BCUT2D eigenvalue weighted by Crippen LogP contribution is 2.23. The van der Waals surface area contributed by atoms with Crippen LogP contribution in [0.15, 0.2) is 60.1 Å². The molecule has 1 amide bonds. The molecule has 3 rings (SSSR count). The molecule has 0 saturated carbocycles. The van der Waals surface area contributed by atoms with Crippen molar-refractivity contribution in [1.82, 2.24) is 10.3 Å². The van der Waals surface area contributed by atoms with Crippen LogP contribution in [-0.4, -0.2) is 24.0 Å². The molecule has 0 aliphatic rings. The number of methoxy groups -OCH3 is 1. The monoisotopic (exact) mass is 368 g/mol. The van der Waals surface area contributed by atoms with Gasteiger partial charge in [-0.05, 0) is 42.0 Å². The highest BCUT2D eigenvalue weighted by atomic mass is 32.1. The Hall–Kier alpha value is -3.19. The minimum Gasteiger partial charge on any atom is -0.465 e. The molecule has 6 nitrogen and oxygen atoms in total. The van der Waals surface area contributed by atoms with Crippen LogP contribution in [0.4, 0.5) is 0 Å². The van der Waals surface area contributed by atoms with Crippen molar-refractivity contribution in [3.05, 3.63) is 76.8 Å². The van der Waals surface area contributed by atoms with E-state index in [1.807, 2.05) is 29.6 Å². The molecule has 0 unspecified atom stereocenters. The van der Waals surface area contributed by atoms with Gasteiger partial charge >= 0.3 is 5.97 Å². The first-order valence-electron chi connectivity index (χ1n) is 7.78. The molecule has 3 aromatic rings. The van der Waals surface area contributed by atoms with E-state index in [0.717, 1.165) is 5.56 Å². The summed E-state index contributed by atoms with van der Waals surface area (Å²) in [6.45, 7) is 0.384. The molecule has 1 aromatic heterocycles. The van der Waals surface area contributed by atoms with Crippen LogP contribution in [0.2, 0.25) is 0 Å². The summed E-state index contributed by atoms with van der Waals surface area (Å²) < 4.78 is 10.2. The fourth-order valence-corrected chi connectivity index (χ4v) is 2.70. The molecular formula is C19H16N2O4S. The second-order valence-corrected chi connectivity index (χ2v) is 6.15. The predicted octanol–water partition coefficient (Wildman–Crippen LogP) is 3.65. The van der Waals surface area contributed by atoms with Gasteiger partial charge in [-0.15, -0.1) is 0 Å². The molecule has 132 valence electrons. The van der Waals surface area contributed by atoms with Gasteiger partial charge in [-0.25, -0.2) is 9.78 Å². The van der Waals surface area contributed by atoms with Crippen LogP contribution in [0.25, 0.3) is 0 Å². The van der Waals surface area contributed by atoms with Crippen LogP contribution in [0.5, 0.6) is 10.9 Å². The number of hydrogen-bond donors (Lipinski definition) is 1. The van der Waals surface area contributed by atoms with Gasteiger partial charge in [-0.1, -0.05) is 23.5 Å². The number of hydrogen-bond acceptors (Lipinski definition) is 6. The number of rotatable bonds is 6. The van der Waals surface area contributed by atoms with Crippen molar-refractivity contribution in [3.63, 3.8) is 0 Å². The summed E-state index contributed by atoms with van der Waals surface area (Å²) in [5.74, 6) is 0.0370. The fourth-order valence-electron chi connectivity index (χ4n) is 2.20. The van der Waals surface area contributed by atoms with Gasteiger partial charge in [0.1, 0.15) is 5.75 Å². The third-order valence-electron chi connectivity index (χ3n) is 3.56. The average Bonchev–Trinajstić information content (AvgIpc) is 3.19. The number of benzene rings is 2. The van der Waals surface area contributed by atoms with Crippen molar-refractivity contribution >= 4 is 23.2 Å². The smallest absolute Gasteiger partial charge is 0.337 e.